The van der Waals surface area contributed by atoms with Crippen LogP contribution in [0.15, 0.2) is 0 Å². The number of nitrogens with one attached hydrogen (secondary N) is 1. The first-order valence-electron chi connectivity index (χ1n) is 7.79. The smallest absolute Gasteiger partial charge is 0.322 e. The molecule has 0 spiro atoms. The molecule has 0 radical (unpaired) electrons. The zero-order valence-electron chi connectivity index (χ0n) is 12.6. The zero-order valence-corrected chi connectivity index (χ0v) is 12.6. The van der Waals surface area contributed by atoms with Gasteiger partial charge in [0.25, 0.3) is 5.91 Å². The second kappa shape index (κ2) is 5.68. The molecule has 8 nitrogen and oxygen atoms in total. The third-order valence-electron chi connectivity index (χ3n) is 4.90. The number of rotatable bonds is 4. The quantitative estimate of drug-likeness (QED) is 0.637. The van der Waals surface area contributed by atoms with Crippen molar-refractivity contribution in [2.75, 3.05) is 13.1 Å². The fourth-order valence-electron chi connectivity index (χ4n) is 3.77. The van der Waals surface area contributed by atoms with Gasteiger partial charge in [0.15, 0.2) is 0 Å². The van der Waals surface area contributed by atoms with Crippen molar-refractivity contribution in [3.05, 3.63) is 21.5 Å². The van der Waals surface area contributed by atoms with Gasteiger partial charge in [0.1, 0.15) is 5.69 Å². The van der Waals surface area contributed by atoms with E-state index in [1.54, 1.807) is 4.90 Å². The Hall–Kier alpha value is -1.96. The summed E-state index contributed by atoms with van der Waals surface area (Å²) in [5.41, 5.74) is 6.26. The largest absolute Gasteiger partial charge is 0.336 e. The van der Waals surface area contributed by atoms with Crippen molar-refractivity contribution in [3.8, 4) is 0 Å². The molecule has 2 aliphatic rings. The molecule has 1 aliphatic heterocycles. The van der Waals surface area contributed by atoms with Gasteiger partial charge in [-0.15, -0.1) is 0 Å². The van der Waals surface area contributed by atoms with E-state index in [4.69, 9.17) is 5.73 Å². The molecule has 2 heterocycles. The maximum Gasteiger partial charge on any atom is 0.322 e. The number of carbonyl (C=O) groups is 1. The predicted molar refractivity (Wildman–Crippen MR) is 79.3 cm³/mol. The van der Waals surface area contributed by atoms with Gasteiger partial charge in [0.2, 0.25) is 5.69 Å². The standard InChI is InChI=1S/C14H21N5O3/c1-2-3-11-13(19(21)22)12(17-16-11)14(20)18-6-8-4-5-10(15)9(8)7-18/h8-10H,2-7,15H2,1H3,(H,16,17). The van der Waals surface area contributed by atoms with Crippen LogP contribution < -0.4 is 5.73 Å². The van der Waals surface area contributed by atoms with Gasteiger partial charge in [-0.05, 0) is 31.1 Å². The summed E-state index contributed by atoms with van der Waals surface area (Å²) >= 11 is 0. The summed E-state index contributed by atoms with van der Waals surface area (Å²) in [5, 5.41) is 17.9. The first kappa shape index (κ1) is 15.0. The lowest BCUT2D eigenvalue weighted by atomic mass is 9.98. The number of hydrogen-bond donors (Lipinski definition) is 2. The SMILES string of the molecule is CCCc1[nH]nc(C(=O)N2CC3CCC(N)C3C2)c1[N+](=O)[O-]. The van der Waals surface area contributed by atoms with Gasteiger partial charge in [0, 0.05) is 19.1 Å². The number of H-pyrrole nitrogens is 1. The summed E-state index contributed by atoms with van der Waals surface area (Å²) in [6, 6.07) is 0.132. The highest BCUT2D eigenvalue weighted by atomic mass is 16.6. The molecule has 1 aromatic heterocycles. The average Bonchev–Trinajstić information content (AvgIpc) is 3.14. The number of aromatic amines is 1. The fraction of sp³-hybridized carbons (Fsp3) is 0.714. The normalized spacial score (nSPS) is 27.2. The van der Waals surface area contributed by atoms with E-state index in [9.17, 15) is 14.9 Å². The number of fused-ring (bicyclic) bond motifs is 1. The van der Waals surface area contributed by atoms with Crippen molar-refractivity contribution >= 4 is 11.6 Å². The molecule has 1 aliphatic carbocycles. The Balaban J connectivity index is 1.83. The number of amides is 1. The molecule has 3 atom stereocenters. The van der Waals surface area contributed by atoms with E-state index in [1.165, 1.54) is 0 Å². The van der Waals surface area contributed by atoms with Gasteiger partial charge in [0.05, 0.1) is 4.92 Å². The highest BCUT2D eigenvalue weighted by molar-refractivity contribution is 5.96. The van der Waals surface area contributed by atoms with Crippen LogP contribution in [0.3, 0.4) is 0 Å². The molecule has 3 rings (SSSR count). The van der Waals surface area contributed by atoms with Gasteiger partial charge >= 0.3 is 5.69 Å². The van der Waals surface area contributed by atoms with E-state index < -0.39 is 4.92 Å². The summed E-state index contributed by atoms with van der Waals surface area (Å²) in [4.78, 5) is 25.1. The number of nitrogens with two attached hydrogens (primary N) is 1. The maximum atomic E-state index is 12.6. The van der Waals surface area contributed by atoms with Crippen LogP contribution in [0.4, 0.5) is 5.69 Å². The number of hydrogen-bond acceptors (Lipinski definition) is 5. The van der Waals surface area contributed by atoms with E-state index >= 15 is 0 Å². The van der Waals surface area contributed by atoms with Crippen molar-refractivity contribution < 1.29 is 9.72 Å². The molecule has 1 aromatic rings. The van der Waals surface area contributed by atoms with E-state index in [-0.39, 0.29) is 23.3 Å². The molecule has 8 heteroatoms. The first-order chi connectivity index (χ1) is 10.5. The molecule has 1 saturated carbocycles. The van der Waals surface area contributed by atoms with Gasteiger partial charge in [-0.1, -0.05) is 13.3 Å². The minimum Gasteiger partial charge on any atom is -0.336 e. The number of aryl methyl sites for hydroxylation is 1. The predicted octanol–water partition coefficient (Wildman–Crippen LogP) is 1.08. The molecule has 0 aromatic carbocycles. The van der Waals surface area contributed by atoms with E-state index in [0.717, 1.165) is 19.3 Å². The van der Waals surface area contributed by atoms with Crippen LogP contribution in [-0.2, 0) is 6.42 Å². The van der Waals surface area contributed by atoms with Crippen LogP contribution in [0, 0.1) is 22.0 Å². The summed E-state index contributed by atoms with van der Waals surface area (Å²) < 4.78 is 0. The summed E-state index contributed by atoms with van der Waals surface area (Å²) in [6.07, 6.45) is 3.28. The Labute approximate surface area is 128 Å². The monoisotopic (exact) mass is 307 g/mol. The Kier molecular flexibility index (Phi) is 3.86. The van der Waals surface area contributed by atoms with Gasteiger partial charge < -0.3 is 10.6 Å². The van der Waals surface area contributed by atoms with E-state index in [1.807, 2.05) is 6.92 Å². The van der Waals surface area contributed by atoms with Gasteiger partial charge in [-0.25, -0.2) is 0 Å². The van der Waals surface area contributed by atoms with E-state index in [0.29, 0.717) is 37.0 Å². The molecule has 2 fully saturated rings. The number of carbonyl (C=O) groups excluding carboxylic acids is 1. The third kappa shape index (κ3) is 2.37. The maximum absolute atomic E-state index is 12.6. The van der Waals surface area contributed by atoms with E-state index in [2.05, 4.69) is 10.2 Å². The molecule has 3 N–H and O–H groups in total. The molecule has 120 valence electrons. The third-order valence-corrected chi connectivity index (χ3v) is 4.90. The van der Waals surface area contributed by atoms with Gasteiger partial charge in [-0.2, -0.15) is 5.10 Å². The Morgan fingerprint density at radius 3 is 2.91 bits per heavy atom. The zero-order chi connectivity index (χ0) is 15.9. The number of likely N-dealkylation sites (tertiary alicyclic amines) is 1. The number of aromatic nitrogens is 2. The Bertz CT molecular complexity index is 599. The number of nitro groups is 1. The Morgan fingerprint density at radius 1 is 1.50 bits per heavy atom. The molecule has 0 bridgehead atoms. The van der Waals surface area contributed by atoms with Crippen molar-refractivity contribution in [2.45, 2.75) is 38.6 Å². The minimum atomic E-state index is -0.510. The highest BCUT2D eigenvalue weighted by Crippen LogP contribution is 2.38. The van der Waals surface area contributed by atoms with Gasteiger partial charge in [-0.3, -0.25) is 20.0 Å². The van der Waals surface area contributed by atoms with Crippen molar-refractivity contribution in [2.24, 2.45) is 17.6 Å². The molecule has 22 heavy (non-hydrogen) atoms. The topological polar surface area (TPSA) is 118 Å². The van der Waals surface area contributed by atoms with Crippen LogP contribution in [0.2, 0.25) is 0 Å². The molecule has 1 saturated heterocycles. The summed E-state index contributed by atoms with van der Waals surface area (Å²) in [5.74, 6) is 0.385. The second-order valence-electron chi connectivity index (χ2n) is 6.28. The minimum absolute atomic E-state index is 0.0676. The molecular weight excluding hydrogens is 286 g/mol. The van der Waals surface area contributed by atoms with Crippen LogP contribution in [0.1, 0.15) is 42.4 Å². The first-order valence-corrected chi connectivity index (χ1v) is 7.79. The molecule has 3 unspecified atom stereocenters. The molecule has 1 amide bonds. The van der Waals surface area contributed by atoms with Crippen molar-refractivity contribution in [3.63, 3.8) is 0 Å². The lowest BCUT2D eigenvalue weighted by Crippen LogP contribution is -2.34. The van der Waals surface area contributed by atoms with Crippen LogP contribution in [0.25, 0.3) is 0 Å². The van der Waals surface area contributed by atoms with Crippen LogP contribution in [-0.4, -0.2) is 45.1 Å². The van der Waals surface area contributed by atoms with Crippen molar-refractivity contribution in [1.82, 2.24) is 15.1 Å². The highest BCUT2D eigenvalue weighted by Gasteiger charge is 2.44. The average molecular weight is 307 g/mol. The fourth-order valence-corrected chi connectivity index (χ4v) is 3.77. The molecular formula is C14H21N5O3. The summed E-state index contributed by atoms with van der Waals surface area (Å²) in [7, 11) is 0. The lowest BCUT2D eigenvalue weighted by Gasteiger charge is -2.17. The summed E-state index contributed by atoms with van der Waals surface area (Å²) in [6.45, 7) is 3.14. The van der Waals surface area contributed by atoms with Crippen molar-refractivity contribution in [1.29, 1.82) is 0 Å². The number of nitrogens with zero attached hydrogens (tertiary/aromatic N) is 3. The second-order valence-corrected chi connectivity index (χ2v) is 6.28. The Morgan fingerprint density at radius 2 is 2.27 bits per heavy atom. The lowest BCUT2D eigenvalue weighted by molar-refractivity contribution is -0.385. The van der Waals surface area contributed by atoms with Crippen LogP contribution >= 0.6 is 0 Å². The van der Waals surface area contributed by atoms with Crippen LogP contribution in [0.5, 0.6) is 0 Å².